The molecule has 0 saturated heterocycles. The van der Waals surface area contributed by atoms with Gasteiger partial charge in [0.05, 0.1) is 6.20 Å². The van der Waals surface area contributed by atoms with E-state index in [2.05, 4.69) is 23.8 Å². The van der Waals surface area contributed by atoms with Gasteiger partial charge in [-0.25, -0.2) is 0 Å². The third-order valence-electron chi connectivity index (χ3n) is 1.97. The van der Waals surface area contributed by atoms with Crippen molar-refractivity contribution in [1.29, 1.82) is 0 Å². The van der Waals surface area contributed by atoms with Crippen LogP contribution in [0.1, 0.15) is 18.9 Å². The zero-order valence-electron chi connectivity index (χ0n) is 9.20. The van der Waals surface area contributed by atoms with Crippen molar-refractivity contribution in [3.63, 3.8) is 0 Å². The highest BCUT2D eigenvalue weighted by molar-refractivity contribution is 5.29. The van der Waals surface area contributed by atoms with Gasteiger partial charge in [0.25, 0.3) is 0 Å². The molecule has 0 bridgehead atoms. The Morgan fingerprint density at radius 2 is 2.47 bits per heavy atom. The molecule has 15 heavy (non-hydrogen) atoms. The second kappa shape index (κ2) is 7.01. The molecule has 0 unspecified atom stereocenters. The Morgan fingerprint density at radius 1 is 1.60 bits per heavy atom. The summed E-state index contributed by atoms with van der Waals surface area (Å²) in [4.78, 5) is 4.04. The number of nitrogens with one attached hydrogen (secondary N) is 1. The highest BCUT2D eigenvalue weighted by atomic mass is 16.5. The van der Waals surface area contributed by atoms with E-state index in [0.717, 1.165) is 30.8 Å². The topological polar surface area (TPSA) is 34.1 Å². The van der Waals surface area contributed by atoms with Crippen molar-refractivity contribution in [3.8, 4) is 5.75 Å². The standard InChI is InChI=1S/C12H18N2O/c1-3-6-13-9-11-5-7-14-10-12(11)15-8-4-2/h4-5,7,10,13H,2-3,6,8-9H2,1H3. The van der Waals surface area contributed by atoms with E-state index in [0.29, 0.717) is 6.61 Å². The Kier molecular flexibility index (Phi) is 5.48. The van der Waals surface area contributed by atoms with E-state index in [1.807, 2.05) is 6.07 Å². The van der Waals surface area contributed by atoms with Crippen LogP contribution in [0.4, 0.5) is 0 Å². The molecule has 82 valence electrons. The summed E-state index contributed by atoms with van der Waals surface area (Å²) in [5.74, 6) is 0.834. The Balaban J connectivity index is 2.55. The summed E-state index contributed by atoms with van der Waals surface area (Å²) >= 11 is 0. The summed E-state index contributed by atoms with van der Waals surface area (Å²) in [6.07, 6.45) is 6.39. The van der Waals surface area contributed by atoms with E-state index in [4.69, 9.17) is 4.74 Å². The van der Waals surface area contributed by atoms with Crippen LogP contribution in [0.25, 0.3) is 0 Å². The molecule has 0 saturated carbocycles. The quantitative estimate of drug-likeness (QED) is 0.548. The van der Waals surface area contributed by atoms with Gasteiger partial charge in [0, 0.05) is 18.3 Å². The maximum Gasteiger partial charge on any atom is 0.142 e. The maximum absolute atomic E-state index is 5.50. The zero-order chi connectivity index (χ0) is 10.9. The molecule has 3 heteroatoms. The van der Waals surface area contributed by atoms with Crippen LogP contribution in [0, 0.1) is 0 Å². The van der Waals surface area contributed by atoms with E-state index in [1.54, 1.807) is 18.5 Å². The summed E-state index contributed by atoms with van der Waals surface area (Å²) in [7, 11) is 0. The first-order valence-electron chi connectivity index (χ1n) is 5.25. The first kappa shape index (κ1) is 11.7. The highest BCUT2D eigenvalue weighted by Crippen LogP contribution is 2.15. The molecule has 0 spiro atoms. The number of hydrogen-bond donors (Lipinski definition) is 1. The number of nitrogens with zero attached hydrogens (tertiary/aromatic N) is 1. The van der Waals surface area contributed by atoms with Gasteiger partial charge in [-0.15, -0.1) is 0 Å². The van der Waals surface area contributed by atoms with E-state index < -0.39 is 0 Å². The molecule has 1 rings (SSSR count). The molecule has 3 nitrogen and oxygen atoms in total. The maximum atomic E-state index is 5.50. The van der Waals surface area contributed by atoms with Crippen molar-refractivity contribution in [1.82, 2.24) is 10.3 Å². The van der Waals surface area contributed by atoms with Crippen molar-refractivity contribution in [2.45, 2.75) is 19.9 Å². The minimum atomic E-state index is 0.520. The minimum Gasteiger partial charge on any atom is -0.488 e. The number of rotatable bonds is 7. The van der Waals surface area contributed by atoms with Crippen LogP contribution >= 0.6 is 0 Å². The predicted molar refractivity (Wildman–Crippen MR) is 61.9 cm³/mol. The number of pyridine rings is 1. The molecular formula is C12H18N2O. The van der Waals surface area contributed by atoms with Gasteiger partial charge >= 0.3 is 0 Å². The van der Waals surface area contributed by atoms with Crippen molar-refractivity contribution < 1.29 is 4.74 Å². The molecule has 0 amide bonds. The third-order valence-corrected chi connectivity index (χ3v) is 1.97. The largest absolute Gasteiger partial charge is 0.488 e. The average Bonchev–Trinajstić information content (AvgIpc) is 2.28. The monoisotopic (exact) mass is 206 g/mol. The molecule has 0 aliphatic rings. The third kappa shape index (κ3) is 4.13. The lowest BCUT2D eigenvalue weighted by Crippen LogP contribution is -2.14. The SMILES string of the molecule is C=CCOc1cnccc1CNCCC. The molecule has 1 N–H and O–H groups in total. The minimum absolute atomic E-state index is 0.520. The second-order valence-corrected chi connectivity index (χ2v) is 3.26. The van der Waals surface area contributed by atoms with E-state index in [9.17, 15) is 0 Å². The van der Waals surface area contributed by atoms with Gasteiger partial charge in [0.15, 0.2) is 0 Å². The summed E-state index contributed by atoms with van der Waals surface area (Å²) < 4.78 is 5.50. The Labute approximate surface area is 91.2 Å². The molecule has 0 aliphatic heterocycles. The Morgan fingerprint density at radius 3 is 3.20 bits per heavy atom. The van der Waals surface area contributed by atoms with Crippen LogP contribution < -0.4 is 10.1 Å². The molecule has 0 atom stereocenters. The lowest BCUT2D eigenvalue weighted by atomic mass is 10.2. The summed E-state index contributed by atoms with van der Waals surface area (Å²) in [6.45, 7) is 8.13. The lowest BCUT2D eigenvalue weighted by molar-refractivity contribution is 0.356. The van der Waals surface area contributed by atoms with Crippen molar-refractivity contribution in [2.75, 3.05) is 13.2 Å². The van der Waals surface area contributed by atoms with Crippen LogP contribution in [-0.2, 0) is 6.54 Å². The Hall–Kier alpha value is -1.35. The van der Waals surface area contributed by atoms with Gasteiger partial charge in [0.2, 0.25) is 0 Å². The lowest BCUT2D eigenvalue weighted by Gasteiger charge is -2.09. The predicted octanol–water partition coefficient (Wildman–Crippen LogP) is 2.15. The number of hydrogen-bond acceptors (Lipinski definition) is 3. The number of aromatic nitrogens is 1. The molecule has 1 aromatic rings. The van der Waals surface area contributed by atoms with Gasteiger partial charge in [0.1, 0.15) is 12.4 Å². The molecule has 0 aromatic carbocycles. The fourth-order valence-electron chi connectivity index (χ4n) is 1.23. The Bertz CT molecular complexity index is 299. The molecule has 0 fully saturated rings. The van der Waals surface area contributed by atoms with E-state index in [-0.39, 0.29) is 0 Å². The van der Waals surface area contributed by atoms with Gasteiger partial charge < -0.3 is 10.1 Å². The van der Waals surface area contributed by atoms with Crippen LogP contribution in [0.15, 0.2) is 31.1 Å². The van der Waals surface area contributed by atoms with Crippen LogP contribution in [-0.4, -0.2) is 18.1 Å². The van der Waals surface area contributed by atoms with E-state index >= 15 is 0 Å². The van der Waals surface area contributed by atoms with Gasteiger partial charge in [-0.3, -0.25) is 4.98 Å². The van der Waals surface area contributed by atoms with Gasteiger partial charge in [-0.1, -0.05) is 19.6 Å². The summed E-state index contributed by atoms with van der Waals surface area (Å²) in [5.41, 5.74) is 1.14. The molecule has 0 aliphatic carbocycles. The molecule has 0 radical (unpaired) electrons. The normalized spacial score (nSPS) is 9.93. The van der Waals surface area contributed by atoms with Crippen LogP contribution in [0.5, 0.6) is 5.75 Å². The van der Waals surface area contributed by atoms with Gasteiger partial charge in [-0.2, -0.15) is 0 Å². The molecule has 1 heterocycles. The van der Waals surface area contributed by atoms with Crippen molar-refractivity contribution in [3.05, 3.63) is 36.7 Å². The average molecular weight is 206 g/mol. The first-order valence-corrected chi connectivity index (χ1v) is 5.25. The smallest absolute Gasteiger partial charge is 0.142 e. The number of ether oxygens (including phenoxy) is 1. The summed E-state index contributed by atoms with van der Waals surface area (Å²) in [6, 6.07) is 1.97. The van der Waals surface area contributed by atoms with Gasteiger partial charge in [-0.05, 0) is 19.0 Å². The fourth-order valence-corrected chi connectivity index (χ4v) is 1.23. The fraction of sp³-hybridized carbons (Fsp3) is 0.417. The molecule has 1 aromatic heterocycles. The zero-order valence-corrected chi connectivity index (χ0v) is 9.20. The van der Waals surface area contributed by atoms with Crippen molar-refractivity contribution in [2.24, 2.45) is 0 Å². The molecular weight excluding hydrogens is 188 g/mol. The van der Waals surface area contributed by atoms with Crippen LogP contribution in [0.3, 0.4) is 0 Å². The van der Waals surface area contributed by atoms with Crippen molar-refractivity contribution >= 4 is 0 Å². The van der Waals surface area contributed by atoms with Crippen LogP contribution in [0.2, 0.25) is 0 Å². The summed E-state index contributed by atoms with van der Waals surface area (Å²) in [5, 5.41) is 3.33. The first-order chi connectivity index (χ1) is 7.38. The van der Waals surface area contributed by atoms with E-state index in [1.165, 1.54) is 0 Å². The second-order valence-electron chi connectivity index (χ2n) is 3.26. The highest BCUT2D eigenvalue weighted by Gasteiger charge is 2.01.